The SMILES string of the molecule is C/C=C/C1CN(C(=O)C(/C=C/N=CCCCCC(=O)O)=C/C=C(\C)N=Cc2ccc(F)cc2)C1. The molecular formula is C27H32FN3O3. The van der Waals surface area contributed by atoms with Gasteiger partial charge in [0, 0.05) is 55.3 Å². The number of nitrogens with zero attached hydrogens (tertiary/aromatic N) is 3. The summed E-state index contributed by atoms with van der Waals surface area (Å²) < 4.78 is 13.0. The standard InChI is InChI=1S/C27H32FN3O3/c1-3-7-23-19-31(20-23)27(34)24(15-17-29-16-6-4-5-8-26(32)33)12-9-21(2)30-18-22-10-13-25(28)14-11-22/h3,7,9-18,23H,4-6,8,19-20H2,1-2H3,(H,32,33)/b7-3+,17-15+,21-9+,24-12+,29-16?,30-18?. The van der Waals surface area contributed by atoms with Gasteiger partial charge in [-0.1, -0.05) is 24.3 Å². The topological polar surface area (TPSA) is 82.3 Å². The summed E-state index contributed by atoms with van der Waals surface area (Å²) in [6.45, 7) is 5.17. The quantitative estimate of drug-likeness (QED) is 0.149. The first-order chi connectivity index (χ1) is 16.4. The number of aliphatic carboxylic acids is 1. The highest BCUT2D eigenvalue weighted by Crippen LogP contribution is 2.20. The molecule has 1 aliphatic heterocycles. The molecule has 1 heterocycles. The third kappa shape index (κ3) is 9.90. The number of carbonyl (C=O) groups excluding carboxylic acids is 1. The highest BCUT2D eigenvalue weighted by Gasteiger charge is 2.29. The molecular weight excluding hydrogens is 433 g/mol. The van der Waals surface area contributed by atoms with Crippen LogP contribution in [0.2, 0.25) is 0 Å². The van der Waals surface area contributed by atoms with Crippen molar-refractivity contribution in [1.29, 1.82) is 0 Å². The predicted molar refractivity (Wildman–Crippen MR) is 134 cm³/mol. The maximum atomic E-state index is 13.0. The molecule has 0 radical (unpaired) electrons. The molecule has 7 heteroatoms. The van der Waals surface area contributed by atoms with Crippen LogP contribution in [0.5, 0.6) is 0 Å². The number of aliphatic imine (C=N–C) groups is 2. The lowest BCUT2D eigenvalue weighted by Gasteiger charge is -2.38. The number of carbonyl (C=O) groups is 2. The minimum Gasteiger partial charge on any atom is -0.481 e. The van der Waals surface area contributed by atoms with Crippen molar-refractivity contribution in [2.75, 3.05) is 13.1 Å². The minimum atomic E-state index is -0.793. The van der Waals surface area contributed by atoms with E-state index in [2.05, 4.69) is 16.1 Å². The smallest absolute Gasteiger partial charge is 0.303 e. The zero-order valence-electron chi connectivity index (χ0n) is 19.7. The largest absolute Gasteiger partial charge is 0.481 e. The van der Waals surface area contributed by atoms with Crippen molar-refractivity contribution in [1.82, 2.24) is 4.90 Å². The minimum absolute atomic E-state index is 0.0692. The summed E-state index contributed by atoms with van der Waals surface area (Å²) in [6.07, 6.45) is 16.4. The van der Waals surface area contributed by atoms with Gasteiger partial charge < -0.3 is 10.0 Å². The Morgan fingerprint density at radius 1 is 1.18 bits per heavy atom. The average Bonchev–Trinajstić information content (AvgIpc) is 2.78. The van der Waals surface area contributed by atoms with E-state index >= 15 is 0 Å². The lowest BCUT2D eigenvalue weighted by molar-refractivity contribution is -0.137. The van der Waals surface area contributed by atoms with E-state index in [1.165, 1.54) is 12.1 Å². The summed E-state index contributed by atoms with van der Waals surface area (Å²) in [5, 5.41) is 8.66. The lowest BCUT2D eigenvalue weighted by atomic mass is 9.98. The molecule has 6 nitrogen and oxygen atoms in total. The van der Waals surface area contributed by atoms with E-state index < -0.39 is 5.97 Å². The Hall–Kier alpha value is -3.61. The van der Waals surface area contributed by atoms with E-state index in [0.29, 0.717) is 43.1 Å². The van der Waals surface area contributed by atoms with Crippen molar-refractivity contribution >= 4 is 24.3 Å². The summed E-state index contributed by atoms with van der Waals surface area (Å²) in [4.78, 5) is 33.8. The van der Waals surface area contributed by atoms with E-state index in [1.54, 1.807) is 53.9 Å². The second-order valence-corrected chi connectivity index (χ2v) is 8.02. The molecule has 0 aromatic heterocycles. The van der Waals surface area contributed by atoms with Crippen LogP contribution >= 0.6 is 0 Å². The lowest BCUT2D eigenvalue weighted by Crippen LogP contribution is -2.49. The molecule has 0 unspecified atom stereocenters. The summed E-state index contributed by atoms with van der Waals surface area (Å²) >= 11 is 0. The van der Waals surface area contributed by atoms with Gasteiger partial charge in [-0.05, 0) is 69.0 Å². The fourth-order valence-corrected chi connectivity index (χ4v) is 3.20. The van der Waals surface area contributed by atoms with Gasteiger partial charge in [-0.15, -0.1) is 0 Å². The van der Waals surface area contributed by atoms with Crippen molar-refractivity contribution in [3.05, 3.63) is 83.5 Å². The molecule has 34 heavy (non-hydrogen) atoms. The molecule has 1 aliphatic rings. The number of allylic oxidation sites excluding steroid dienone is 4. The fourth-order valence-electron chi connectivity index (χ4n) is 3.20. The zero-order chi connectivity index (χ0) is 24.8. The highest BCUT2D eigenvalue weighted by atomic mass is 19.1. The maximum absolute atomic E-state index is 13.0. The number of hydrogen-bond acceptors (Lipinski definition) is 4. The second kappa shape index (κ2) is 14.5. The Kier molecular flexibility index (Phi) is 11.4. The molecule has 1 saturated heterocycles. The van der Waals surface area contributed by atoms with Crippen LogP contribution in [0.4, 0.5) is 4.39 Å². The summed E-state index contributed by atoms with van der Waals surface area (Å²) in [7, 11) is 0. The number of hydrogen-bond donors (Lipinski definition) is 1. The molecule has 0 atom stereocenters. The van der Waals surface area contributed by atoms with Crippen molar-refractivity contribution < 1.29 is 19.1 Å². The number of benzene rings is 1. The predicted octanol–water partition coefficient (Wildman–Crippen LogP) is 5.34. The van der Waals surface area contributed by atoms with Crippen LogP contribution in [0.25, 0.3) is 0 Å². The summed E-state index contributed by atoms with van der Waals surface area (Å²) in [6, 6.07) is 6.04. The number of rotatable bonds is 12. The van der Waals surface area contributed by atoms with Crippen molar-refractivity contribution in [2.24, 2.45) is 15.9 Å². The Labute approximate surface area is 200 Å². The van der Waals surface area contributed by atoms with Crippen molar-refractivity contribution in [3.63, 3.8) is 0 Å². The molecule has 180 valence electrons. The first-order valence-corrected chi connectivity index (χ1v) is 11.4. The summed E-state index contributed by atoms with van der Waals surface area (Å²) in [5.74, 6) is -0.771. The molecule has 1 amide bonds. The van der Waals surface area contributed by atoms with Gasteiger partial charge in [0.1, 0.15) is 5.82 Å². The van der Waals surface area contributed by atoms with Gasteiger partial charge in [0.25, 0.3) is 5.91 Å². The second-order valence-electron chi connectivity index (χ2n) is 8.02. The van der Waals surface area contributed by atoms with E-state index in [4.69, 9.17) is 5.11 Å². The Bertz CT molecular complexity index is 998. The molecule has 1 N–H and O–H groups in total. The van der Waals surface area contributed by atoms with E-state index in [9.17, 15) is 14.0 Å². The van der Waals surface area contributed by atoms with Crippen molar-refractivity contribution in [2.45, 2.75) is 39.5 Å². The Balaban J connectivity index is 2.03. The first kappa shape index (κ1) is 26.6. The van der Waals surface area contributed by atoms with Crippen LogP contribution in [-0.2, 0) is 9.59 Å². The number of carboxylic acid groups (broad SMARTS) is 1. The van der Waals surface area contributed by atoms with E-state index in [1.807, 2.05) is 19.9 Å². The monoisotopic (exact) mass is 465 g/mol. The molecule has 0 aliphatic carbocycles. The summed E-state index contributed by atoms with van der Waals surface area (Å²) in [5.41, 5.74) is 1.97. The van der Waals surface area contributed by atoms with Gasteiger partial charge in [0.2, 0.25) is 0 Å². The zero-order valence-corrected chi connectivity index (χ0v) is 19.7. The third-order valence-electron chi connectivity index (χ3n) is 5.12. The van der Waals surface area contributed by atoms with Gasteiger partial charge in [0.15, 0.2) is 0 Å². The van der Waals surface area contributed by atoms with Crippen LogP contribution in [0, 0.1) is 11.7 Å². The number of unbranched alkanes of at least 4 members (excludes halogenated alkanes) is 2. The average molecular weight is 466 g/mol. The Morgan fingerprint density at radius 2 is 1.91 bits per heavy atom. The normalized spacial score (nSPS) is 15.8. The van der Waals surface area contributed by atoms with E-state index in [-0.39, 0.29) is 18.1 Å². The highest BCUT2D eigenvalue weighted by molar-refractivity contribution is 5.97. The maximum Gasteiger partial charge on any atom is 0.303 e. The third-order valence-corrected chi connectivity index (χ3v) is 5.12. The number of amides is 1. The van der Waals surface area contributed by atoms with Gasteiger partial charge >= 0.3 is 5.97 Å². The molecule has 1 aromatic carbocycles. The Morgan fingerprint density at radius 3 is 2.59 bits per heavy atom. The van der Waals surface area contributed by atoms with Crippen LogP contribution in [0.1, 0.15) is 45.1 Å². The van der Waals surface area contributed by atoms with Crippen molar-refractivity contribution in [3.8, 4) is 0 Å². The molecule has 2 rings (SSSR count). The number of carboxylic acids is 1. The number of likely N-dealkylation sites (tertiary alicyclic amines) is 1. The molecule has 0 saturated carbocycles. The van der Waals surface area contributed by atoms with Gasteiger partial charge in [-0.25, -0.2) is 4.39 Å². The number of halogens is 1. The van der Waals surface area contributed by atoms with Gasteiger partial charge in [-0.3, -0.25) is 19.6 Å². The molecule has 1 fully saturated rings. The van der Waals surface area contributed by atoms with Crippen LogP contribution in [-0.4, -0.2) is 47.4 Å². The van der Waals surface area contributed by atoms with E-state index in [0.717, 1.165) is 12.0 Å². The van der Waals surface area contributed by atoms with Gasteiger partial charge in [-0.2, -0.15) is 0 Å². The fraction of sp³-hybridized carbons (Fsp3) is 0.333. The molecule has 0 bridgehead atoms. The first-order valence-electron chi connectivity index (χ1n) is 11.4. The molecule has 0 spiro atoms. The van der Waals surface area contributed by atoms with Crippen LogP contribution in [0.3, 0.4) is 0 Å². The van der Waals surface area contributed by atoms with Gasteiger partial charge in [0.05, 0.1) is 0 Å². The van der Waals surface area contributed by atoms with Crippen LogP contribution < -0.4 is 0 Å². The molecule has 1 aromatic rings. The van der Waals surface area contributed by atoms with Crippen LogP contribution in [0.15, 0.2) is 82.1 Å².